The summed E-state index contributed by atoms with van der Waals surface area (Å²) in [7, 11) is 0. The molecule has 0 bridgehead atoms. The summed E-state index contributed by atoms with van der Waals surface area (Å²) in [4.78, 5) is 16.4. The van der Waals surface area contributed by atoms with E-state index in [0.29, 0.717) is 12.1 Å². The Morgan fingerprint density at radius 3 is 2.94 bits per heavy atom. The molecule has 0 saturated heterocycles. The molecule has 0 aliphatic carbocycles. The molecule has 0 radical (unpaired) electrons. The average molecular weight is 251 g/mol. The Bertz CT molecular complexity index is 467. The fraction of sp³-hybridized carbons (Fsp3) is 0.200. The van der Waals surface area contributed by atoms with Crippen LogP contribution in [0.4, 0.5) is 0 Å². The molecule has 16 heavy (non-hydrogen) atoms. The highest BCUT2D eigenvalue weighted by atomic mass is 32.2. The number of Topliss-reactive ketones (excluding diaryl/α,β-unsaturated/α-hetero) is 1. The first-order valence-corrected chi connectivity index (χ1v) is 6.42. The van der Waals surface area contributed by atoms with Gasteiger partial charge in [0.25, 0.3) is 0 Å². The summed E-state index contributed by atoms with van der Waals surface area (Å²) in [6.07, 6.45) is 2.17. The van der Waals surface area contributed by atoms with Crippen LogP contribution in [0, 0.1) is 0 Å². The Hall–Kier alpha value is -1.27. The van der Waals surface area contributed by atoms with Crippen molar-refractivity contribution in [2.75, 3.05) is 0 Å². The maximum absolute atomic E-state index is 11.4. The summed E-state index contributed by atoms with van der Waals surface area (Å²) in [6.45, 7) is 1.83. The first kappa shape index (κ1) is 11.2. The van der Waals surface area contributed by atoms with E-state index in [9.17, 15) is 4.79 Å². The molecule has 0 aliphatic heterocycles. The minimum Gasteiger partial charge on any atom is -0.292 e. The highest BCUT2D eigenvalue weighted by Gasteiger charge is 2.05. The van der Waals surface area contributed by atoms with Crippen LogP contribution < -0.4 is 0 Å². The molecule has 82 valence electrons. The lowest BCUT2D eigenvalue weighted by Crippen LogP contribution is -1.99. The zero-order chi connectivity index (χ0) is 11.4. The predicted molar refractivity (Wildman–Crippen MR) is 62.9 cm³/mol. The number of nitrogens with zero attached hydrogens (tertiary/aromatic N) is 3. The van der Waals surface area contributed by atoms with Gasteiger partial charge < -0.3 is 0 Å². The van der Waals surface area contributed by atoms with Gasteiger partial charge in [-0.05, 0) is 12.1 Å². The summed E-state index contributed by atoms with van der Waals surface area (Å²) in [5.74, 6) is 0.0625. The largest absolute Gasteiger partial charge is 0.292 e. The third-order valence-electron chi connectivity index (χ3n) is 1.89. The maximum atomic E-state index is 11.4. The number of rotatable bonds is 4. The van der Waals surface area contributed by atoms with Gasteiger partial charge in [-0.25, -0.2) is 0 Å². The van der Waals surface area contributed by atoms with Gasteiger partial charge in [-0.2, -0.15) is 0 Å². The third kappa shape index (κ3) is 2.65. The zero-order valence-electron chi connectivity index (χ0n) is 8.58. The van der Waals surface area contributed by atoms with Crippen LogP contribution in [0.15, 0.2) is 33.1 Å². The second-order valence-electron chi connectivity index (χ2n) is 2.96. The van der Waals surface area contributed by atoms with Crippen LogP contribution in [0.3, 0.4) is 0 Å². The number of carbonyl (C=O) groups is 1. The number of carbonyl (C=O) groups excluding carboxylic acids is 1. The first-order valence-electron chi connectivity index (χ1n) is 4.73. The van der Waals surface area contributed by atoms with Gasteiger partial charge in [0.15, 0.2) is 10.1 Å². The quantitative estimate of drug-likeness (QED) is 0.782. The van der Waals surface area contributed by atoms with Gasteiger partial charge in [0.05, 0.1) is 0 Å². The van der Waals surface area contributed by atoms with Crippen molar-refractivity contribution in [3.8, 4) is 0 Å². The molecule has 2 rings (SSSR count). The van der Waals surface area contributed by atoms with Crippen molar-refractivity contribution >= 4 is 28.9 Å². The summed E-state index contributed by atoms with van der Waals surface area (Å²) >= 11 is 2.97. The van der Waals surface area contributed by atoms with Crippen LogP contribution in [-0.2, 0) is 0 Å². The van der Waals surface area contributed by atoms with Gasteiger partial charge >= 0.3 is 0 Å². The summed E-state index contributed by atoms with van der Waals surface area (Å²) < 4.78 is 0.872. The molecule has 0 atom stereocenters. The van der Waals surface area contributed by atoms with Crippen LogP contribution in [0.1, 0.15) is 23.8 Å². The summed E-state index contributed by atoms with van der Waals surface area (Å²) in [6, 6.07) is 3.62. The molecule has 6 heteroatoms. The lowest BCUT2D eigenvalue weighted by molar-refractivity contribution is 0.0983. The Labute approximate surface area is 101 Å². The van der Waals surface area contributed by atoms with Crippen molar-refractivity contribution < 1.29 is 4.79 Å². The summed E-state index contributed by atoms with van der Waals surface area (Å²) in [5.41, 5.74) is 2.20. The van der Waals surface area contributed by atoms with E-state index in [2.05, 4.69) is 15.2 Å². The Morgan fingerprint density at radius 1 is 1.50 bits per heavy atom. The molecular formula is C10H9N3OS2. The monoisotopic (exact) mass is 251 g/mol. The molecule has 0 aliphatic rings. The second kappa shape index (κ2) is 5.18. The number of pyridine rings is 1. The molecule has 2 aromatic heterocycles. The standard InChI is InChI=1S/C10H9N3OS2/c1-2-9(14)8-4-3-7(5-11-8)16-10-13-12-6-15-10/h3-6H,2H2,1H3. The fourth-order valence-electron chi connectivity index (χ4n) is 1.09. The van der Waals surface area contributed by atoms with Crippen molar-refractivity contribution in [1.29, 1.82) is 0 Å². The SMILES string of the molecule is CCC(=O)c1ccc(Sc2nncs2)cn1. The van der Waals surface area contributed by atoms with E-state index >= 15 is 0 Å². The van der Waals surface area contributed by atoms with Crippen molar-refractivity contribution in [2.45, 2.75) is 22.6 Å². The van der Waals surface area contributed by atoms with Crippen LogP contribution in [0.5, 0.6) is 0 Å². The molecule has 0 N–H and O–H groups in total. The fourth-order valence-corrected chi connectivity index (χ4v) is 2.52. The molecule has 0 aromatic carbocycles. The molecule has 0 unspecified atom stereocenters. The van der Waals surface area contributed by atoms with Crippen molar-refractivity contribution in [3.63, 3.8) is 0 Å². The Morgan fingerprint density at radius 2 is 2.38 bits per heavy atom. The smallest absolute Gasteiger partial charge is 0.180 e. The van der Waals surface area contributed by atoms with E-state index < -0.39 is 0 Å². The maximum Gasteiger partial charge on any atom is 0.180 e. The number of aromatic nitrogens is 3. The van der Waals surface area contributed by atoms with Gasteiger partial charge in [-0.15, -0.1) is 10.2 Å². The lowest BCUT2D eigenvalue weighted by atomic mass is 10.2. The predicted octanol–water partition coefficient (Wildman–Crippen LogP) is 2.68. The van der Waals surface area contributed by atoms with E-state index in [0.717, 1.165) is 9.24 Å². The normalized spacial score (nSPS) is 10.3. The molecule has 0 spiro atoms. The number of hydrogen-bond donors (Lipinski definition) is 0. The third-order valence-corrected chi connectivity index (χ3v) is 3.64. The molecule has 0 fully saturated rings. The molecule has 2 heterocycles. The van der Waals surface area contributed by atoms with Gasteiger partial charge in [-0.3, -0.25) is 9.78 Å². The van der Waals surface area contributed by atoms with E-state index in [-0.39, 0.29) is 5.78 Å². The second-order valence-corrected chi connectivity index (χ2v) is 5.12. The molecular weight excluding hydrogens is 242 g/mol. The Kier molecular flexibility index (Phi) is 3.63. The van der Waals surface area contributed by atoms with Crippen LogP contribution >= 0.6 is 23.1 Å². The first-order chi connectivity index (χ1) is 7.79. The molecule has 0 saturated carbocycles. The van der Waals surface area contributed by atoms with Gasteiger partial charge in [0.2, 0.25) is 0 Å². The highest BCUT2D eigenvalue weighted by Crippen LogP contribution is 2.27. The van der Waals surface area contributed by atoms with Gasteiger partial charge in [-0.1, -0.05) is 30.0 Å². The van der Waals surface area contributed by atoms with E-state index in [1.807, 2.05) is 13.0 Å². The lowest BCUT2D eigenvalue weighted by Gasteiger charge is -1.99. The van der Waals surface area contributed by atoms with Gasteiger partial charge in [0, 0.05) is 17.5 Å². The Balaban J connectivity index is 2.10. The summed E-state index contributed by atoms with van der Waals surface area (Å²) in [5, 5.41) is 7.67. The zero-order valence-corrected chi connectivity index (χ0v) is 10.2. The van der Waals surface area contributed by atoms with Crippen molar-refractivity contribution in [2.24, 2.45) is 0 Å². The van der Waals surface area contributed by atoms with Crippen LogP contribution in [0.2, 0.25) is 0 Å². The van der Waals surface area contributed by atoms with E-state index in [1.54, 1.807) is 17.8 Å². The molecule has 4 nitrogen and oxygen atoms in total. The van der Waals surface area contributed by atoms with Crippen molar-refractivity contribution in [3.05, 3.63) is 29.5 Å². The van der Waals surface area contributed by atoms with E-state index in [4.69, 9.17) is 0 Å². The highest BCUT2D eigenvalue weighted by molar-refractivity contribution is 8.01. The average Bonchev–Trinajstić information content (AvgIpc) is 2.82. The topological polar surface area (TPSA) is 55.7 Å². The minimum atomic E-state index is 0.0625. The number of ketones is 1. The van der Waals surface area contributed by atoms with Gasteiger partial charge in [0.1, 0.15) is 11.2 Å². The van der Waals surface area contributed by atoms with E-state index in [1.165, 1.54) is 23.1 Å². The van der Waals surface area contributed by atoms with Crippen LogP contribution in [0.25, 0.3) is 0 Å². The van der Waals surface area contributed by atoms with Crippen LogP contribution in [-0.4, -0.2) is 21.0 Å². The minimum absolute atomic E-state index is 0.0625. The molecule has 0 amide bonds. The number of hydrogen-bond acceptors (Lipinski definition) is 6. The van der Waals surface area contributed by atoms with Crippen molar-refractivity contribution in [1.82, 2.24) is 15.2 Å². The molecule has 2 aromatic rings.